The second kappa shape index (κ2) is 10.9. The first-order chi connectivity index (χ1) is 16.1. The summed E-state index contributed by atoms with van der Waals surface area (Å²) in [6.07, 6.45) is 8.20. The van der Waals surface area contributed by atoms with Gasteiger partial charge in [0.1, 0.15) is 0 Å². The summed E-state index contributed by atoms with van der Waals surface area (Å²) < 4.78 is 0. The Bertz CT molecular complexity index is 1070. The number of nitrogens with one attached hydrogen (secondary N) is 1. The van der Waals surface area contributed by atoms with Crippen LogP contribution in [0.15, 0.2) is 66.7 Å². The molecule has 1 aliphatic rings. The average Bonchev–Trinajstić information content (AvgIpc) is 3.35. The maximum Gasteiger partial charge on any atom is 0.251 e. The number of amides is 1. The number of hydrogen-bond donors (Lipinski definition) is 1. The number of rotatable bonds is 9. The van der Waals surface area contributed by atoms with Crippen LogP contribution in [0, 0.1) is 5.92 Å². The van der Waals surface area contributed by atoms with Crippen molar-refractivity contribution < 1.29 is 4.79 Å². The standard InChI is InChI=1S/C30H38N2O/c1-4-6-17-29(28-16-10-12-23-11-7-8-15-27(23)28)31-30(33)24-13-9-14-25(21-24)32(3)26-19-18-22(5-2)20-26/h7-16,21-22,26,29H,4-6,17-20H2,1-3H3,(H,31,33)/t22?,26?,29-/m1/s1. The molecule has 3 atom stereocenters. The third kappa shape index (κ3) is 5.40. The Morgan fingerprint density at radius 2 is 1.82 bits per heavy atom. The fourth-order valence-corrected chi connectivity index (χ4v) is 5.36. The van der Waals surface area contributed by atoms with Crippen molar-refractivity contribution in [3.05, 3.63) is 77.9 Å². The predicted molar refractivity (Wildman–Crippen MR) is 140 cm³/mol. The van der Waals surface area contributed by atoms with Gasteiger partial charge in [-0.05, 0) is 66.1 Å². The molecule has 3 heteroatoms. The number of nitrogens with zero attached hydrogens (tertiary/aromatic N) is 1. The van der Waals surface area contributed by atoms with E-state index in [2.05, 4.69) is 85.7 Å². The Balaban J connectivity index is 1.54. The Labute approximate surface area is 199 Å². The first-order valence-electron chi connectivity index (χ1n) is 12.7. The Kier molecular flexibility index (Phi) is 7.69. The minimum absolute atomic E-state index is 0.00470. The minimum Gasteiger partial charge on any atom is -0.372 e. The number of anilines is 1. The summed E-state index contributed by atoms with van der Waals surface area (Å²) in [5.41, 5.74) is 3.09. The van der Waals surface area contributed by atoms with Crippen molar-refractivity contribution in [2.75, 3.05) is 11.9 Å². The topological polar surface area (TPSA) is 32.3 Å². The number of carbonyl (C=O) groups is 1. The lowest BCUT2D eigenvalue weighted by atomic mass is 9.95. The van der Waals surface area contributed by atoms with Crippen molar-refractivity contribution in [3.63, 3.8) is 0 Å². The summed E-state index contributed by atoms with van der Waals surface area (Å²) in [5.74, 6) is 0.848. The zero-order chi connectivity index (χ0) is 23.2. The molecule has 0 bridgehead atoms. The highest BCUT2D eigenvalue weighted by atomic mass is 16.1. The number of benzene rings is 3. The largest absolute Gasteiger partial charge is 0.372 e. The van der Waals surface area contributed by atoms with Gasteiger partial charge in [0, 0.05) is 24.3 Å². The molecule has 3 aromatic rings. The van der Waals surface area contributed by atoms with Crippen molar-refractivity contribution in [3.8, 4) is 0 Å². The van der Waals surface area contributed by atoms with E-state index in [0.717, 1.165) is 36.4 Å². The van der Waals surface area contributed by atoms with Crippen LogP contribution < -0.4 is 10.2 Å². The van der Waals surface area contributed by atoms with E-state index in [4.69, 9.17) is 0 Å². The van der Waals surface area contributed by atoms with E-state index < -0.39 is 0 Å². The van der Waals surface area contributed by atoms with Gasteiger partial charge in [0.2, 0.25) is 0 Å². The first-order valence-corrected chi connectivity index (χ1v) is 12.7. The molecular weight excluding hydrogens is 404 g/mol. The molecule has 1 saturated carbocycles. The van der Waals surface area contributed by atoms with Crippen LogP contribution in [0.5, 0.6) is 0 Å². The maximum atomic E-state index is 13.4. The van der Waals surface area contributed by atoms with E-state index in [1.165, 1.54) is 42.0 Å². The summed E-state index contributed by atoms with van der Waals surface area (Å²) in [5, 5.41) is 5.81. The van der Waals surface area contributed by atoms with Gasteiger partial charge in [0.25, 0.3) is 5.91 Å². The van der Waals surface area contributed by atoms with Gasteiger partial charge in [-0.1, -0.05) is 81.6 Å². The number of unbranched alkanes of at least 4 members (excludes halogenated alkanes) is 1. The van der Waals surface area contributed by atoms with Crippen LogP contribution in [-0.4, -0.2) is 19.0 Å². The molecule has 2 unspecified atom stereocenters. The maximum absolute atomic E-state index is 13.4. The molecule has 1 aliphatic carbocycles. The summed E-state index contributed by atoms with van der Waals surface area (Å²) in [4.78, 5) is 15.8. The molecule has 1 N–H and O–H groups in total. The average molecular weight is 443 g/mol. The van der Waals surface area contributed by atoms with Crippen molar-refractivity contribution >= 4 is 22.4 Å². The molecule has 33 heavy (non-hydrogen) atoms. The monoisotopic (exact) mass is 442 g/mol. The van der Waals surface area contributed by atoms with Crippen molar-refractivity contribution in [1.82, 2.24) is 5.32 Å². The Hall–Kier alpha value is -2.81. The second-order valence-electron chi connectivity index (χ2n) is 9.64. The molecule has 1 fully saturated rings. The predicted octanol–water partition coefficient (Wildman–Crippen LogP) is 7.52. The van der Waals surface area contributed by atoms with Gasteiger partial charge >= 0.3 is 0 Å². The Morgan fingerprint density at radius 1 is 1.03 bits per heavy atom. The van der Waals surface area contributed by atoms with Gasteiger partial charge in [-0.2, -0.15) is 0 Å². The highest BCUT2D eigenvalue weighted by Gasteiger charge is 2.27. The van der Waals surface area contributed by atoms with Gasteiger partial charge in [0.15, 0.2) is 0 Å². The normalized spacial score (nSPS) is 18.9. The summed E-state index contributed by atoms with van der Waals surface area (Å²) in [6.45, 7) is 4.50. The molecule has 0 aliphatic heterocycles. The summed E-state index contributed by atoms with van der Waals surface area (Å²) >= 11 is 0. The van der Waals surface area contributed by atoms with Crippen LogP contribution in [0.1, 0.15) is 80.8 Å². The molecular formula is C30H38N2O. The van der Waals surface area contributed by atoms with Gasteiger partial charge in [0.05, 0.1) is 6.04 Å². The molecule has 1 amide bonds. The highest BCUT2D eigenvalue weighted by molar-refractivity contribution is 5.96. The molecule has 3 nitrogen and oxygen atoms in total. The van der Waals surface area contributed by atoms with Gasteiger partial charge in [-0.15, -0.1) is 0 Å². The zero-order valence-corrected chi connectivity index (χ0v) is 20.4. The van der Waals surface area contributed by atoms with Gasteiger partial charge in [-0.3, -0.25) is 4.79 Å². The van der Waals surface area contributed by atoms with Crippen LogP contribution in [0.25, 0.3) is 10.8 Å². The molecule has 4 rings (SSSR count). The number of carbonyl (C=O) groups excluding carboxylic acids is 1. The molecule has 0 aromatic heterocycles. The third-order valence-electron chi connectivity index (χ3n) is 7.50. The fourth-order valence-electron chi connectivity index (χ4n) is 5.36. The lowest BCUT2D eigenvalue weighted by Gasteiger charge is -2.27. The quantitative estimate of drug-likeness (QED) is 0.372. The zero-order valence-electron chi connectivity index (χ0n) is 20.4. The van der Waals surface area contributed by atoms with E-state index in [1.54, 1.807) is 0 Å². The second-order valence-corrected chi connectivity index (χ2v) is 9.64. The SMILES string of the molecule is CCCC[C@@H](NC(=O)c1cccc(N(C)C2CCC(CC)C2)c1)c1cccc2ccccc12. The van der Waals surface area contributed by atoms with Crippen LogP contribution in [0.4, 0.5) is 5.69 Å². The number of fused-ring (bicyclic) bond motifs is 1. The highest BCUT2D eigenvalue weighted by Crippen LogP contribution is 2.33. The van der Waals surface area contributed by atoms with Crippen molar-refractivity contribution in [2.45, 2.75) is 70.9 Å². The molecule has 3 aromatic carbocycles. The third-order valence-corrected chi connectivity index (χ3v) is 7.50. The smallest absolute Gasteiger partial charge is 0.251 e. The lowest BCUT2D eigenvalue weighted by molar-refractivity contribution is 0.0934. The van der Waals surface area contributed by atoms with Crippen molar-refractivity contribution in [1.29, 1.82) is 0 Å². The van der Waals surface area contributed by atoms with E-state index in [1.807, 2.05) is 12.1 Å². The van der Waals surface area contributed by atoms with Crippen molar-refractivity contribution in [2.24, 2.45) is 5.92 Å². The molecule has 0 heterocycles. The molecule has 0 radical (unpaired) electrons. The van der Waals surface area contributed by atoms with Gasteiger partial charge < -0.3 is 10.2 Å². The molecule has 0 saturated heterocycles. The van der Waals surface area contributed by atoms with Crippen LogP contribution in [0.3, 0.4) is 0 Å². The number of hydrogen-bond acceptors (Lipinski definition) is 2. The summed E-state index contributed by atoms with van der Waals surface area (Å²) in [6, 6.07) is 23.6. The van der Waals surface area contributed by atoms with Gasteiger partial charge in [-0.25, -0.2) is 0 Å². The first kappa shape index (κ1) is 23.4. The molecule has 0 spiro atoms. The lowest BCUT2D eigenvalue weighted by Crippen LogP contribution is -2.31. The van der Waals surface area contributed by atoms with E-state index in [9.17, 15) is 4.79 Å². The Morgan fingerprint density at radius 3 is 2.61 bits per heavy atom. The van der Waals surface area contributed by atoms with Crippen LogP contribution in [0.2, 0.25) is 0 Å². The summed E-state index contributed by atoms with van der Waals surface area (Å²) in [7, 11) is 2.18. The molecule has 174 valence electrons. The van der Waals surface area contributed by atoms with E-state index >= 15 is 0 Å². The fraction of sp³-hybridized carbons (Fsp3) is 0.433. The van der Waals surface area contributed by atoms with Crippen LogP contribution >= 0.6 is 0 Å². The van der Waals surface area contributed by atoms with E-state index in [0.29, 0.717) is 6.04 Å². The van der Waals surface area contributed by atoms with E-state index in [-0.39, 0.29) is 11.9 Å². The minimum atomic E-state index is 0.00470. The van der Waals surface area contributed by atoms with Crippen LogP contribution in [-0.2, 0) is 0 Å².